The molecule has 0 aliphatic carbocycles. The van der Waals surface area contributed by atoms with Crippen molar-refractivity contribution in [2.45, 2.75) is 25.5 Å². The standard InChI is InChI=1S/C13H20ClN3O/c1-15-8-12-11(14)5-6-13(16-12)17-7-3-4-10(9-17)18-2/h5-6,10,15H,3-4,7-9H2,1-2H3. The van der Waals surface area contributed by atoms with Gasteiger partial charge in [0.05, 0.1) is 16.8 Å². The topological polar surface area (TPSA) is 37.4 Å². The first kappa shape index (κ1) is 13.6. The molecule has 0 spiro atoms. The van der Waals surface area contributed by atoms with Gasteiger partial charge in [-0.05, 0) is 32.0 Å². The van der Waals surface area contributed by atoms with Crippen molar-refractivity contribution in [3.05, 3.63) is 22.8 Å². The largest absolute Gasteiger partial charge is 0.380 e. The van der Waals surface area contributed by atoms with Crippen molar-refractivity contribution in [2.24, 2.45) is 0 Å². The first-order chi connectivity index (χ1) is 8.74. The Balaban J connectivity index is 2.14. The quantitative estimate of drug-likeness (QED) is 0.908. The lowest BCUT2D eigenvalue weighted by molar-refractivity contribution is 0.0891. The Labute approximate surface area is 113 Å². The summed E-state index contributed by atoms with van der Waals surface area (Å²) in [5, 5.41) is 3.80. The monoisotopic (exact) mass is 269 g/mol. The highest BCUT2D eigenvalue weighted by Gasteiger charge is 2.20. The molecular formula is C13H20ClN3O. The van der Waals surface area contributed by atoms with Crippen molar-refractivity contribution >= 4 is 17.4 Å². The van der Waals surface area contributed by atoms with E-state index in [9.17, 15) is 0 Å². The summed E-state index contributed by atoms with van der Waals surface area (Å²) in [5.74, 6) is 0.992. The fourth-order valence-corrected chi connectivity index (χ4v) is 2.45. The molecule has 1 aromatic heterocycles. The minimum Gasteiger partial charge on any atom is -0.380 e. The molecule has 2 heterocycles. The molecule has 100 valence electrons. The lowest BCUT2D eigenvalue weighted by atomic mass is 10.1. The van der Waals surface area contributed by atoms with Crippen LogP contribution in [0.4, 0.5) is 5.82 Å². The van der Waals surface area contributed by atoms with Gasteiger partial charge in [0.1, 0.15) is 5.82 Å². The molecule has 0 aromatic carbocycles. The van der Waals surface area contributed by atoms with Gasteiger partial charge in [0.25, 0.3) is 0 Å². The number of hydrogen-bond acceptors (Lipinski definition) is 4. The van der Waals surface area contributed by atoms with Gasteiger partial charge in [-0.1, -0.05) is 11.6 Å². The third kappa shape index (κ3) is 3.13. The summed E-state index contributed by atoms with van der Waals surface area (Å²) in [4.78, 5) is 6.90. The van der Waals surface area contributed by atoms with E-state index < -0.39 is 0 Å². The molecular weight excluding hydrogens is 250 g/mol. The van der Waals surface area contributed by atoms with E-state index in [0.29, 0.717) is 17.7 Å². The molecule has 0 bridgehead atoms. The number of halogens is 1. The highest BCUT2D eigenvalue weighted by Crippen LogP contribution is 2.23. The lowest BCUT2D eigenvalue weighted by Crippen LogP contribution is -2.39. The number of rotatable bonds is 4. The Morgan fingerprint density at radius 2 is 2.39 bits per heavy atom. The molecule has 18 heavy (non-hydrogen) atoms. The Bertz CT molecular complexity index is 400. The zero-order valence-electron chi connectivity index (χ0n) is 10.9. The summed E-state index contributed by atoms with van der Waals surface area (Å²) in [6.45, 7) is 2.63. The molecule has 0 radical (unpaired) electrons. The highest BCUT2D eigenvalue weighted by molar-refractivity contribution is 6.31. The van der Waals surface area contributed by atoms with Gasteiger partial charge in [-0.15, -0.1) is 0 Å². The van der Waals surface area contributed by atoms with Gasteiger partial charge < -0.3 is 15.0 Å². The van der Waals surface area contributed by atoms with Crippen molar-refractivity contribution in [3.8, 4) is 0 Å². The second-order valence-electron chi connectivity index (χ2n) is 4.57. The van der Waals surface area contributed by atoms with E-state index in [2.05, 4.69) is 15.2 Å². The summed E-state index contributed by atoms with van der Waals surface area (Å²) in [7, 11) is 3.67. The number of pyridine rings is 1. The van der Waals surface area contributed by atoms with Crippen LogP contribution in [-0.4, -0.2) is 38.3 Å². The fraction of sp³-hybridized carbons (Fsp3) is 0.615. The third-order valence-electron chi connectivity index (χ3n) is 3.28. The molecule has 2 rings (SSSR count). The van der Waals surface area contributed by atoms with Gasteiger partial charge in [0, 0.05) is 26.7 Å². The van der Waals surface area contributed by atoms with Crippen LogP contribution in [0.25, 0.3) is 0 Å². The molecule has 1 N–H and O–H groups in total. The molecule has 0 saturated carbocycles. The predicted molar refractivity (Wildman–Crippen MR) is 74.3 cm³/mol. The van der Waals surface area contributed by atoms with Crippen LogP contribution in [0.1, 0.15) is 18.5 Å². The summed E-state index contributed by atoms with van der Waals surface area (Å²) in [6, 6.07) is 3.91. The zero-order valence-corrected chi connectivity index (χ0v) is 11.7. The number of ether oxygens (including phenoxy) is 1. The average Bonchev–Trinajstić information content (AvgIpc) is 2.41. The Kier molecular flexibility index (Phi) is 4.80. The van der Waals surface area contributed by atoms with E-state index in [0.717, 1.165) is 37.4 Å². The van der Waals surface area contributed by atoms with Crippen LogP contribution in [0, 0.1) is 0 Å². The predicted octanol–water partition coefficient (Wildman–Crippen LogP) is 2.07. The molecule has 4 nitrogen and oxygen atoms in total. The van der Waals surface area contributed by atoms with Gasteiger partial charge in [0.2, 0.25) is 0 Å². The van der Waals surface area contributed by atoms with E-state index in [-0.39, 0.29) is 0 Å². The Hall–Kier alpha value is -0.840. The first-order valence-corrected chi connectivity index (χ1v) is 6.70. The van der Waals surface area contributed by atoms with E-state index >= 15 is 0 Å². The minimum atomic E-state index is 0.309. The molecule has 1 aliphatic heterocycles. The van der Waals surface area contributed by atoms with Gasteiger partial charge >= 0.3 is 0 Å². The number of hydrogen-bond donors (Lipinski definition) is 1. The number of nitrogens with zero attached hydrogens (tertiary/aromatic N) is 2. The van der Waals surface area contributed by atoms with Gasteiger partial charge in [-0.3, -0.25) is 0 Å². The van der Waals surface area contributed by atoms with Crippen molar-refractivity contribution in [1.82, 2.24) is 10.3 Å². The van der Waals surface area contributed by atoms with Gasteiger partial charge in [-0.2, -0.15) is 0 Å². The van der Waals surface area contributed by atoms with Crippen LogP contribution >= 0.6 is 11.6 Å². The average molecular weight is 270 g/mol. The van der Waals surface area contributed by atoms with Crippen molar-refractivity contribution in [3.63, 3.8) is 0 Å². The summed E-state index contributed by atoms with van der Waals surface area (Å²) in [5.41, 5.74) is 0.899. The van der Waals surface area contributed by atoms with Crippen LogP contribution in [-0.2, 0) is 11.3 Å². The normalized spacial score (nSPS) is 20.2. The van der Waals surface area contributed by atoms with E-state index in [4.69, 9.17) is 16.3 Å². The molecule has 0 amide bonds. The zero-order chi connectivity index (χ0) is 13.0. The van der Waals surface area contributed by atoms with E-state index in [1.54, 1.807) is 7.11 Å². The fourth-order valence-electron chi connectivity index (χ4n) is 2.28. The van der Waals surface area contributed by atoms with E-state index in [1.807, 2.05) is 19.2 Å². The smallest absolute Gasteiger partial charge is 0.129 e. The van der Waals surface area contributed by atoms with Gasteiger partial charge in [0.15, 0.2) is 0 Å². The molecule has 1 unspecified atom stereocenters. The number of methoxy groups -OCH3 is 1. The number of anilines is 1. The molecule has 5 heteroatoms. The highest BCUT2D eigenvalue weighted by atomic mass is 35.5. The maximum atomic E-state index is 6.12. The molecule has 1 fully saturated rings. The SMILES string of the molecule is CNCc1nc(N2CCCC(OC)C2)ccc1Cl. The van der Waals surface area contributed by atoms with Crippen LogP contribution in [0.3, 0.4) is 0 Å². The van der Waals surface area contributed by atoms with Crippen LogP contribution in [0.15, 0.2) is 12.1 Å². The number of piperidine rings is 1. The Morgan fingerprint density at radius 3 is 3.11 bits per heavy atom. The molecule has 1 saturated heterocycles. The second kappa shape index (κ2) is 6.36. The molecule has 1 aliphatic rings. The summed E-state index contributed by atoms with van der Waals surface area (Å²) < 4.78 is 5.44. The summed E-state index contributed by atoms with van der Waals surface area (Å²) >= 11 is 6.12. The minimum absolute atomic E-state index is 0.309. The molecule has 1 aromatic rings. The second-order valence-corrected chi connectivity index (χ2v) is 4.98. The van der Waals surface area contributed by atoms with Gasteiger partial charge in [-0.25, -0.2) is 4.98 Å². The van der Waals surface area contributed by atoms with E-state index in [1.165, 1.54) is 0 Å². The summed E-state index contributed by atoms with van der Waals surface area (Å²) in [6.07, 6.45) is 2.58. The van der Waals surface area contributed by atoms with Crippen molar-refractivity contribution in [2.75, 3.05) is 32.1 Å². The Morgan fingerprint density at radius 1 is 1.56 bits per heavy atom. The van der Waals surface area contributed by atoms with Crippen molar-refractivity contribution < 1.29 is 4.74 Å². The first-order valence-electron chi connectivity index (χ1n) is 6.32. The van der Waals surface area contributed by atoms with Crippen LogP contribution in [0.5, 0.6) is 0 Å². The van der Waals surface area contributed by atoms with Crippen LogP contribution < -0.4 is 10.2 Å². The maximum Gasteiger partial charge on any atom is 0.129 e. The lowest BCUT2D eigenvalue weighted by Gasteiger charge is -2.33. The number of aromatic nitrogens is 1. The molecule has 1 atom stereocenters. The number of nitrogens with one attached hydrogen (secondary N) is 1. The maximum absolute atomic E-state index is 6.12. The third-order valence-corrected chi connectivity index (χ3v) is 3.63. The van der Waals surface area contributed by atoms with Crippen molar-refractivity contribution in [1.29, 1.82) is 0 Å². The van der Waals surface area contributed by atoms with Crippen LogP contribution in [0.2, 0.25) is 5.02 Å².